The van der Waals surface area contributed by atoms with Gasteiger partial charge in [0.05, 0.1) is 6.61 Å². The summed E-state index contributed by atoms with van der Waals surface area (Å²) in [4.78, 5) is 6.77. The maximum atomic E-state index is 5.72. The summed E-state index contributed by atoms with van der Waals surface area (Å²) in [6, 6.07) is 4.73. The smallest absolute Gasteiger partial charge is 0.213 e. The molecular weight excluding hydrogens is 238 g/mol. The monoisotopic (exact) mass is 263 g/mol. The van der Waals surface area contributed by atoms with Gasteiger partial charge in [-0.25, -0.2) is 4.98 Å². The molecule has 2 heterocycles. The number of hydrogen-bond donors (Lipinski definition) is 1. The molecule has 0 radical (unpaired) electrons. The summed E-state index contributed by atoms with van der Waals surface area (Å²) in [6.07, 6.45) is 5.60. The van der Waals surface area contributed by atoms with Crippen molar-refractivity contribution in [3.63, 3.8) is 0 Å². The number of nitrogens with one attached hydrogen (secondary N) is 1. The summed E-state index contributed by atoms with van der Waals surface area (Å²) in [5, 5.41) is 3.28. The van der Waals surface area contributed by atoms with Crippen LogP contribution in [0, 0.1) is 0 Å². The molecule has 2 rings (SSSR count). The molecular formula is C15H25N3O. The highest BCUT2D eigenvalue weighted by molar-refractivity contribution is 5.17. The van der Waals surface area contributed by atoms with Crippen molar-refractivity contribution in [2.24, 2.45) is 0 Å². The van der Waals surface area contributed by atoms with Crippen LogP contribution >= 0.6 is 0 Å². The number of pyridine rings is 1. The van der Waals surface area contributed by atoms with Crippen LogP contribution in [0.3, 0.4) is 0 Å². The molecule has 1 unspecified atom stereocenters. The third-order valence-corrected chi connectivity index (χ3v) is 3.75. The molecule has 19 heavy (non-hydrogen) atoms. The van der Waals surface area contributed by atoms with Crippen LogP contribution in [-0.2, 0) is 6.54 Å². The van der Waals surface area contributed by atoms with E-state index >= 15 is 0 Å². The Balaban J connectivity index is 1.70. The zero-order chi connectivity index (χ0) is 13.5. The summed E-state index contributed by atoms with van der Waals surface area (Å²) in [5.74, 6) is 0.737. The first-order valence-corrected chi connectivity index (χ1v) is 7.28. The lowest BCUT2D eigenvalue weighted by Crippen LogP contribution is -2.26. The molecule has 0 aromatic carbocycles. The van der Waals surface area contributed by atoms with Gasteiger partial charge in [-0.1, -0.05) is 13.0 Å². The van der Waals surface area contributed by atoms with E-state index in [1.807, 2.05) is 12.3 Å². The minimum Gasteiger partial charge on any atom is -0.478 e. The van der Waals surface area contributed by atoms with Crippen LogP contribution < -0.4 is 10.1 Å². The van der Waals surface area contributed by atoms with Gasteiger partial charge in [-0.2, -0.15) is 0 Å². The van der Waals surface area contributed by atoms with Gasteiger partial charge >= 0.3 is 0 Å². The van der Waals surface area contributed by atoms with Crippen molar-refractivity contribution < 1.29 is 4.74 Å². The van der Waals surface area contributed by atoms with Crippen molar-refractivity contribution in [1.29, 1.82) is 0 Å². The van der Waals surface area contributed by atoms with Gasteiger partial charge in [-0.3, -0.25) is 0 Å². The van der Waals surface area contributed by atoms with E-state index in [0.29, 0.717) is 6.04 Å². The zero-order valence-corrected chi connectivity index (χ0v) is 12.1. The molecule has 1 aromatic heterocycles. The summed E-state index contributed by atoms with van der Waals surface area (Å²) >= 11 is 0. The molecule has 1 aromatic rings. The van der Waals surface area contributed by atoms with E-state index in [1.54, 1.807) is 0 Å². The normalized spacial score (nSPS) is 19.8. The first kappa shape index (κ1) is 14.3. The van der Waals surface area contributed by atoms with Crippen molar-refractivity contribution in [2.75, 3.05) is 26.7 Å². The molecule has 1 saturated heterocycles. The highest BCUT2D eigenvalue weighted by Crippen LogP contribution is 2.18. The van der Waals surface area contributed by atoms with Crippen LogP contribution in [0.4, 0.5) is 0 Å². The van der Waals surface area contributed by atoms with Crippen LogP contribution in [0.1, 0.15) is 31.7 Å². The molecule has 1 N–H and O–H groups in total. The number of aromatic nitrogens is 1. The predicted molar refractivity (Wildman–Crippen MR) is 77.4 cm³/mol. The van der Waals surface area contributed by atoms with Crippen molar-refractivity contribution in [3.05, 3.63) is 23.9 Å². The van der Waals surface area contributed by atoms with Crippen molar-refractivity contribution in [2.45, 2.75) is 38.8 Å². The summed E-state index contributed by atoms with van der Waals surface area (Å²) < 4.78 is 5.72. The number of nitrogens with zero attached hydrogens (tertiary/aromatic N) is 2. The van der Waals surface area contributed by atoms with Crippen LogP contribution in [0.15, 0.2) is 18.3 Å². The number of likely N-dealkylation sites (tertiary alicyclic amines) is 1. The van der Waals surface area contributed by atoms with Crippen LogP contribution in [0.2, 0.25) is 0 Å². The molecule has 4 nitrogen and oxygen atoms in total. The Kier molecular flexibility index (Phi) is 5.61. The molecule has 0 bridgehead atoms. The molecule has 4 heteroatoms. The van der Waals surface area contributed by atoms with E-state index in [-0.39, 0.29) is 0 Å². The average molecular weight is 263 g/mol. The summed E-state index contributed by atoms with van der Waals surface area (Å²) in [7, 11) is 2.20. The Labute approximate surface area is 116 Å². The van der Waals surface area contributed by atoms with E-state index in [9.17, 15) is 0 Å². The Hall–Kier alpha value is -1.13. The van der Waals surface area contributed by atoms with E-state index in [4.69, 9.17) is 4.74 Å². The van der Waals surface area contributed by atoms with Gasteiger partial charge in [-0.15, -0.1) is 0 Å². The molecule has 1 fully saturated rings. The van der Waals surface area contributed by atoms with Gasteiger partial charge in [0.2, 0.25) is 5.88 Å². The lowest BCUT2D eigenvalue weighted by Gasteiger charge is -2.19. The van der Waals surface area contributed by atoms with Gasteiger partial charge in [0.25, 0.3) is 0 Å². The lowest BCUT2D eigenvalue weighted by atomic mass is 10.1. The number of hydrogen-bond acceptors (Lipinski definition) is 4. The average Bonchev–Trinajstić information content (AvgIpc) is 2.84. The second kappa shape index (κ2) is 7.46. The van der Waals surface area contributed by atoms with Gasteiger partial charge in [-0.05, 0) is 45.0 Å². The van der Waals surface area contributed by atoms with E-state index in [0.717, 1.165) is 32.0 Å². The quantitative estimate of drug-likeness (QED) is 0.817. The molecule has 1 aliphatic heterocycles. The first-order valence-electron chi connectivity index (χ1n) is 7.28. The molecule has 0 amide bonds. The maximum absolute atomic E-state index is 5.72. The van der Waals surface area contributed by atoms with Crippen molar-refractivity contribution in [1.82, 2.24) is 15.2 Å². The van der Waals surface area contributed by atoms with Gasteiger partial charge in [0, 0.05) is 24.8 Å². The molecule has 106 valence electrons. The Morgan fingerprint density at radius 3 is 3.00 bits per heavy atom. The SMILES string of the molecule is CCNCc1ccc(OCCC2CCCN2C)nc1. The third kappa shape index (κ3) is 4.48. The van der Waals surface area contributed by atoms with Crippen LogP contribution in [-0.4, -0.2) is 42.7 Å². The number of ether oxygens (including phenoxy) is 1. The van der Waals surface area contributed by atoms with Gasteiger partial charge in [0.15, 0.2) is 0 Å². The summed E-state index contributed by atoms with van der Waals surface area (Å²) in [6.45, 7) is 5.94. The fourth-order valence-electron chi connectivity index (χ4n) is 2.51. The first-order chi connectivity index (χ1) is 9.29. The predicted octanol–water partition coefficient (Wildman–Crippen LogP) is 2.05. The third-order valence-electron chi connectivity index (χ3n) is 3.75. The fourth-order valence-corrected chi connectivity index (χ4v) is 2.51. The Morgan fingerprint density at radius 2 is 2.37 bits per heavy atom. The Bertz CT molecular complexity index is 366. The molecule has 0 saturated carbocycles. The minimum atomic E-state index is 0.688. The zero-order valence-electron chi connectivity index (χ0n) is 12.1. The van der Waals surface area contributed by atoms with Gasteiger partial charge < -0.3 is 15.0 Å². The molecule has 0 aliphatic carbocycles. The van der Waals surface area contributed by atoms with Crippen molar-refractivity contribution in [3.8, 4) is 5.88 Å². The minimum absolute atomic E-state index is 0.688. The second-order valence-electron chi connectivity index (χ2n) is 5.20. The Morgan fingerprint density at radius 1 is 1.47 bits per heavy atom. The molecule has 1 aliphatic rings. The summed E-state index contributed by atoms with van der Waals surface area (Å²) in [5.41, 5.74) is 1.20. The fraction of sp³-hybridized carbons (Fsp3) is 0.667. The van der Waals surface area contributed by atoms with Gasteiger partial charge in [0.1, 0.15) is 0 Å². The van der Waals surface area contributed by atoms with Crippen molar-refractivity contribution >= 4 is 0 Å². The van der Waals surface area contributed by atoms with E-state index in [1.165, 1.54) is 24.9 Å². The highest BCUT2D eigenvalue weighted by Gasteiger charge is 2.20. The van der Waals surface area contributed by atoms with E-state index in [2.05, 4.69) is 35.2 Å². The van der Waals surface area contributed by atoms with E-state index < -0.39 is 0 Å². The second-order valence-corrected chi connectivity index (χ2v) is 5.20. The van der Waals surface area contributed by atoms with Crippen LogP contribution in [0.5, 0.6) is 5.88 Å². The maximum Gasteiger partial charge on any atom is 0.213 e. The molecule has 0 spiro atoms. The highest BCUT2D eigenvalue weighted by atomic mass is 16.5. The van der Waals surface area contributed by atoms with Crippen LogP contribution in [0.25, 0.3) is 0 Å². The standard InChI is InChI=1S/C15H25N3O/c1-3-16-11-13-6-7-15(17-12-13)19-10-8-14-5-4-9-18(14)2/h6-7,12,14,16H,3-5,8-11H2,1-2H3. The molecule has 1 atom stereocenters. The number of rotatable bonds is 7. The lowest BCUT2D eigenvalue weighted by molar-refractivity contribution is 0.228. The topological polar surface area (TPSA) is 37.4 Å². The largest absolute Gasteiger partial charge is 0.478 e.